The number of benzene rings is 1. The monoisotopic (exact) mass is 221 g/mol. The van der Waals surface area contributed by atoms with Gasteiger partial charge in [-0.1, -0.05) is 29.8 Å². The van der Waals surface area contributed by atoms with Crippen LogP contribution < -0.4 is 0 Å². The molecule has 0 bridgehead atoms. The summed E-state index contributed by atoms with van der Waals surface area (Å²) in [5.41, 5.74) is 2.20. The lowest BCUT2D eigenvalue weighted by Crippen LogP contribution is -2.27. The van der Waals surface area contributed by atoms with E-state index in [9.17, 15) is 4.79 Å². The van der Waals surface area contributed by atoms with Crippen molar-refractivity contribution in [3.8, 4) is 0 Å². The summed E-state index contributed by atoms with van der Waals surface area (Å²) in [7, 11) is 5.33. The summed E-state index contributed by atoms with van der Waals surface area (Å²) in [5.74, 6) is -0.391. The first-order valence-electron chi connectivity index (χ1n) is 5.33. The number of likely N-dealkylation sites (N-methyl/N-ethyl adjacent to an activating group) is 1. The fourth-order valence-corrected chi connectivity index (χ4v) is 1.62. The van der Waals surface area contributed by atoms with E-state index in [2.05, 4.69) is 0 Å². The second-order valence-corrected chi connectivity index (χ2v) is 4.25. The Hall–Kier alpha value is -1.35. The predicted octanol–water partition coefficient (Wildman–Crippen LogP) is 1.81. The Morgan fingerprint density at radius 2 is 1.88 bits per heavy atom. The summed E-state index contributed by atoms with van der Waals surface area (Å²) in [5, 5.41) is 0. The van der Waals surface area contributed by atoms with E-state index in [1.54, 1.807) is 0 Å². The van der Waals surface area contributed by atoms with Crippen LogP contribution in [-0.4, -0.2) is 38.6 Å². The third-order valence-electron chi connectivity index (χ3n) is 2.51. The van der Waals surface area contributed by atoms with Crippen molar-refractivity contribution in [2.45, 2.75) is 12.8 Å². The van der Waals surface area contributed by atoms with Crippen LogP contribution in [0.25, 0.3) is 0 Å². The summed E-state index contributed by atoms with van der Waals surface area (Å²) in [4.78, 5) is 13.7. The lowest BCUT2D eigenvalue weighted by molar-refractivity contribution is -0.142. The maximum Gasteiger partial charge on any atom is 0.314 e. The lowest BCUT2D eigenvalue weighted by atomic mass is 9.98. The Labute approximate surface area is 97.0 Å². The number of ether oxygens (including phenoxy) is 1. The first-order chi connectivity index (χ1) is 7.54. The number of esters is 1. The molecular formula is C13H19NO2. The number of hydrogen-bond donors (Lipinski definition) is 0. The van der Waals surface area contributed by atoms with Crippen molar-refractivity contribution in [1.82, 2.24) is 4.90 Å². The summed E-state index contributed by atoms with van der Waals surface area (Å²) in [6.07, 6.45) is 0. The van der Waals surface area contributed by atoms with E-state index in [0.29, 0.717) is 6.54 Å². The molecule has 0 spiro atoms. The summed E-state index contributed by atoms with van der Waals surface area (Å²) >= 11 is 0. The minimum atomic E-state index is -0.208. The molecule has 0 aromatic heterocycles. The molecule has 0 saturated carbocycles. The van der Waals surface area contributed by atoms with Gasteiger partial charge in [-0.15, -0.1) is 0 Å². The maximum absolute atomic E-state index is 11.7. The average molecular weight is 221 g/mol. The molecule has 1 unspecified atom stereocenters. The quantitative estimate of drug-likeness (QED) is 0.726. The fourth-order valence-electron chi connectivity index (χ4n) is 1.62. The van der Waals surface area contributed by atoms with Gasteiger partial charge in [-0.25, -0.2) is 0 Å². The van der Waals surface area contributed by atoms with Crippen molar-refractivity contribution in [2.24, 2.45) is 0 Å². The van der Waals surface area contributed by atoms with Gasteiger partial charge in [0.15, 0.2) is 0 Å². The minimum absolute atomic E-state index is 0.183. The molecule has 0 amide bonds. The zero-order chi connectivity index (χ0) is 12.1. The van der Waals surface area contributed by atoms with Crippen molar-refractivity contribution in [3.05, 3.63) is 35.4 Å². The number of rotatable bonds is 4. The van der Waals surface area contributed by atoms with E-state index < -0.39 is 0 Å². The Bertz CT molecular complexity index is 343. The van der Waals surface area contributed by atoms with Crippen molar-refractivity contribution < 1.29 is 9.53 Å². The molecule has 1 aromatic carbocycles. The average Bonchev–Trinajstić information content (AvgIpc) is 2.26. The van der Waals surface area contributed by atoms with Crippen LogP contribution in [0.1, 0.15) is 17.0 Å². The topological polar surface area (TPSA) is 29.5 Å². The molecule has 0 radical (unpaired) electrons. The molecule has 0 fully saturated rings. The Morgan fingerprint density at radius 1 is 1.31 bits per heavy atom. The fraction of sp³-hybridized carbons (Fsp3) is 0.462. The third kappa shape index (κ3) is 3.35. The van der Waals surface area contributed by atoms with Crippen LogP contribution in [0.4, 0.5) is 0 Å². The first kappa shape index (κ1) is 12.7. The standard InChI is InChI=1S/C13H19NO2/c1-10-5-7-11(8-6-10)12(9-14(2)3)13(15)16-4/h5-8,12H,9H2,1-4H3. The van der Waals surface area contributed by atoms with Crippen LogP contribution in [0.3, 0.4) is 0 Å². The number of carbonyl (C=O) groups is 1. The lowest BCUT2D eigenvalue weighted by Gasteiger charge is -2.19. The van der Waals surface area contributed by atoms with Gasteiger partial charge in [0, 0.05) is 6.54 Å². The van der Waals surface area contributed by atoms with E-state index >= 15 is 0 Å². The molecule has 0 aliphatic carbocycles. The zero-order valence-electron chi connectivity index (χ0n) is 10.4. The van der Waals surface area contributed by atoms with Crippen LogP contribution >= 0.6 is 0 Å². The van der Waals surface area contributed by atoms with Gasteiger partial charge in [-0.2, -0.15) is 0 Å². The highest BCUT2D eigenvalue weighted by molar-refractivity contribution is 5.78. The third-order valence-corrected chi connectivity index (χ3v) is 2.51. The molecule has 88 valence electrons. The van der Waals surface area contributed by atoms with Crippen molar-refractivity contribution in [1.29, 1.82) is 0 Å². The van der Waals surface area contributed by atoms with E-state index in [1.807, 2.05) is 50.2 Å². The Kier molecular flexibility index (Phi) is 4.50. The molecule has 0 aliphatic heterocycles. The number of hydrogen-bond acceptors (Lipinski definition) is 3. The van der Waals surface area contributed by atoms with Gasteiger partial charge >= 0.3 is 5.97 Å². The summed E-state index contributed by atoms with van der Waals surface area (Å²) < 4.78 is 4.83. The van der Waals surface area contributed by atoms with E-state index in [4.69, 9.17) is 4.74 Å². The van der Waals surface area contributed by atoms with Crippen LogP contribution in [-0.2, 0) is 9.53 Å². The highest BCUT2D eigenvalue weighted by atomic mass is 16.5. The van der Waals surface area contributed by atoms with Gasteiger partial charge in [-0.05, 0) is 26.6 Å². The Morgan fingerprint density at radius 3 is 2.31 bits per heavy atom. The summed E-state index contributed by atoms with van der Waals surface area (Å²) in [6.45, 7) is 2.69. The molecule has 0 aliphatic rings. The number of carbonyl (C=O) groups excluding carboxylic acids is 1. The van der Waals surface area contributed by atoms with Crippen molar-refractivity contribution in [2.75, 3.05) is 27.7 Å². The second kappa shape index (κ2) is 5.66. The molecule has 16 heavy (non-hydrogen) atoms. The van der Waals surface area contributed by atoms with Gasteiger partial charge in [-0.3, -0.25) is 4.79 Å². The second-order valence-electron chi connectivity index (χ2n) is 4.25. The van der Waals surface area contributed by atoms with Crippen LogP contribution in [0.5, 0.6) is 0 Å². The molecule has 1 atom stereocenters. The van der Waals surface area contributed by atoms with Gasteiger partial charge in [0.25, 0.3) is 0 Å². The zero-order valence-corrected chi connectivity index (χ0v) is 10.4. The minimum Gasteiger partial charge on any atom is -0.469 e. The van der Waals surface area contributed by atoms with Gasteiger partial charge in [0.05, 0.1) is 13.0 Å². The normalized spacial score (nSPS) is 12.6. The van der Waals surface area contributed by atoms with E-state index in [-0.39, 0.29) is 11.9 Å². The van der Waals surface area contributed by atoms with Crippen LogP contribution in [0, 0.1) is 6.92 Å². The van der Waals surface area contributed by atoms with Gasteiger partial charge in [0.2, 0.25) is 0 Å². The highest BCUT2D eigenvalue weighted by Gasteiger charge is 2.21. The molecule has 0 heterocycles. The molecule has 3 nitrogen and oxygen atoms in total. The molecule has 0 saturated heterocycles. The van der Waals surface area contributed by atoms with Gasteiger partial charge < -0.3 is 9.64 Å². The summed E-state index contributed by atoms with van der Waals surface area (Å²) in [6, 6.07) is 8.00. The van der Waals surface area contributed by atoms with E-state index in [1.165, 1.54) is 12.7 Å². The van der Waals surface area contributed by atoms with Crippen LogP contribution in [0.2, 0.25) is 0 Å². The SMILES string of the molecule is COC(=O)C(CN(C)C)c1ccc(C)cc1. The highest BCUT2D eigenvalue weighted by Crippen LogP contribution is 2.18. The Balaban J connectivity index is 2.91. The van der Waals surface area contributed by atoms with Crippen molar-refractivity contribution >= 4 is 5.97 Å². The largest absolute Gasteiger partial charge is 0.469 e. The molecule has 3 heteroatoms. The molecule has 1 rings (SSSR count). The number of nitrogens with zero attached hydrogens (tertiary/aromatic N) is 1. The molecule has 1 aromatic rings. The number of methoxy groups -OCH3 is 1. The maximum atomic E-state index is 11.7. The first-order valence-corrected chi connectivity index (χ1v) is 5.33. The number of aryl methyl sites for hydroxylation is 1. The smallest absolute Gasteiger partial charge is 0.314 e. The van der Waals surface area contributed by atoms with Gasteiger partial charge in [0.1, 0.15) is 0 Å². The van der Waals surface area contributed by atoms with Crippen LogP contribution in [0.15, 0.2) is 24.3 Å². The van der Waals surface area contributed by atoms with Crippen molar-refractivity contribution in [3.63, 3.8) is 0 Å². The van der Waals surface area contributed by atoms with E-state index in [0.717, 1.165) is 5.56 Å². The predicted molar refractivity (Wildman–Crippen MR) is 64.5 cm³/mol. The molecular weight excluding hydrogens is 202 g/mol. The molecule has 0 N–H and O–H groups in total.